The fourth-order valence-corrected chi connectivity index (χ4v) is 5.44. The van der Waals surface area contributed by atoms with E-state index in [0.717, 1.165) is 69.7 Å². The highest BCUT2D eigenvalue weighted by atomic mass is 16.4. The van der Waals surface area contributed by atoms with Gasteiger partial charge in [0.25, 0.3) is 0 Å². The zero-order valence-electron chi connectivity index (χ0n) is 20.7. The molecule has 9 heteroatoms. The molecule has 0 aromatic carbocycles. The first-order valence-corrected chi connectivity index (χ1v) is 12.4. The Morgan fingerprint density at radius 3 is 2.64 bits per heavy atom. The molecule has 0 bridgehead atoms. The number of aromatic amines is 1. The summed E-state index contributed by atoms with van der Waals surface area (Å²) in [5.74, 6) is -0.299. The molecular formula is C27H29N7O2. The van der Waals surface area contributed by atoms with E-state index in [2.05, 4.69) is 26.3 Å². The number of rotatable bonds is 5. The van der Waals surface area contributed by atoms with E-state index in [4.69, 9.17) is 4.98 Å². The third-order valence-corrected chi connectivity index (χ3v) is 7.81. The first kappa shape index (κ1) is 22.5. The van der Waals surface area contributed by atoms with Crippen LogP contribution in [0.1, 0.15) is 44.0 Å². The summed E-state index contributed by atoms with van der Waals surface area (Å²) in [6, 6.07) is 6.13. The van der Waals surface area contributed by atoms with Gasteiger partial charge in [-0.25, -0.2) is 4.98 Å². The number of H-pyrrole nitrogens is 1. The lowest BCUT2D eigenvalue weighted by atomic mass is 9.70. The van der Waals surface area contributed by atoms with Crippen LogP contribution in [0.15, 0.2) is 43.0 Å². The smallest absolute Gasteiger partial charge is 0.309 e. The Bertz CT molecular complexity index is 1580. The number of carboxylic acid groups (broad SMARTS) is 1. The van der Waals surface area contributed by atoms with Crippen LogP contribution in [0, 0.1) is 18.3 Å². The third-order valence-electron chi connectivity index (χ3n) is 7.81. The second-order valence-electron chi connectivity index (χ2n) is 10.4. The molecule has 5 aromatic heterocycles. The molecule has 1 fully saturated rings. The molecule has 6 rings (SSSR count). The number of nitrogens with one attached hydrogen (secondary N) is 1. The number of aliphatic carboxylic acids is 1. The fourth-order valence-electron chi connectivity index (χ4n) is 5.44. The number of carbonyl (C=O) groups is 1. The number of hydrogen-bond donors (Lipinski definition) is 2. The Labute approximate surface area is 208 Å². The summed E-state index contributed by atoms with van der Waals surface area (Å²) in [5.41, 5.74) is 6.70. The summed E-state index contributed by atoms with van der Waals surface area (Å²) in [5, 5.41) is 22.9. The Hall–Kier alpha value is -4.01. The molecular weight excluding hydrogens is 454 g/mol. The van der Waals surface area contributed by atoms with Crippen molar-refractivity contribution in [1.29, 1.82) is 0 Å². The molecule has 0 amide bonds. The summed E-state index contributed by atoms with van der Waals surface area (Å²) >= 11 is 0. The van der Waals surface area contributed by atoms with Crippen molar-refractivity contribution >= 4 is 22.6 Å². The molecule has 184 valence electrons. The van der Waals surface area contributed by atoms with Gasteiger partial charge in [-0.15, -0.1) is 0 Å². The van der Waals surface area contributed by atoms with E-state index < -0.39 is 11.4 Å². The molecule has 0 atom stereocenters. The largest absolute Gasteiger partial charge is 0.481 e. The van der Waals surface area contributed by atoms with Crippen LogP contribution in [-0.2, 0) is 18.3 Å². The lowest BCUT2D eigenvalue weighted by Crippen LogP contribution is -2.33. The Kier molecular flexibility index (Phi) is 5.17. The van der Waals surface area contributed by atoms with Crippen LogP contribution in [0.25, 0.3) is 39.1 Å². The Morgan fingerprint density at radius 2 is 1.97 bits per heavy atom. The molecule has 5 heterocycles. The van der Waals surface area contributed by atoms with Gasteiger partial charge in [0.1, 0.15) is 0 Å². The van der Waals surface area contributed by atoms with E-state index in [9.17, 15) is 9.90 Å². The lowest BCUT2D eigenvalue weighted by molar-refractivity contribution is -0.150. The van der Waals surface area contributed by atoms with Crippen molar-refractivity contribution in [1.82, 2.24) is 34.3 Å². The van der Waals surface area contributed by atoms with Crippen molar-refractivity contribution in [2.24, 2.45) is 18.4 Å². The van der Waals surface area contributed by atoms with Gasteiger partial charge in [-0.2, -0.15) is 14.7 Å². The van der Waals surface area contributed by atoms with Gasteiger partial charge in [0, 0.05) is 48.0 Å². The maximum absolute atomic E-state index is 11.7. The molecule has 5 aromatic rings. The maximum atomic E-state index is 11.7. The average molecular weight is 484 g/mol. The van der Waals surface area contributed by atoms with E-state index in [1.807, 2.05) is 62.4 Å². The molecule has 9 nitrogen and oxygen atoms in total. The minimum absolute atomic E-state index is 0.392. The molecule has 0 unspecified atom stereocenters. The van der Waals surface area contributed by atoms with Crippen LogP contribution >= 0.6 is 0 Å². The predicted molar refractivity (Wildman–Crippen MR) is 136 cm³/mol. The number of aromatic nitrogens is 7. The van der Waals surface area contributed by atoms with Gasteiger partial charge in [0.05, 0.1) is 28.4 Å². The fraction of sp³-hybridized carbons (Fsp3) is 0.370. The van der Waals surface area contributed by atoms with Gasteiger partial charge in [-0.1, -0.05) is 6.07 Å². The van der Waals surface area contributed by atoms with E-state index in [1.165, 1.54) is 0 Å². The van der Waals surface area contributed by atoms with Gasteiger partial charge >= 0.3 is 5.97 Å². The van der Waals surface area contributed by atoms with Crippen LogP contribution in [-0.4, -0.2) is 45.4 Å². The zero-order chi connectivity index (χ0) is 25.0. The second kappa shape index (κ2) is 8.29. The van der Waals surface area contributed by atoms with Crippen LogP contribution in [0.4, 0.5) is 0 Å². The number of carboxylic acids is 1. The van der Waals surface area contributed by atoms with Crippen LogP contribution in [0.5, 0.6) is 0 Å². The first-order chi connectivity index (χ1) is 17.3. The van der Waals surface area contributed by atoms with Crippen molar-refractivity contribution in [3.63, 3.8) is 0 Å². The van der Waals surface area contributed by atoms with Crippen LogP contribution < -0.4 is 0 Å². The maximum Gasteiger partial charge on any atom is 0.309 e. The highest BCUT2D eigenvalue weighted by molar-refractivity contribution is 5.87. The van der Waals surface area contributed by atoms with Crippen molar-refractivity contribution in [2.75, 3.05) is 0 Å². The average Bonchev–Trinajstić information content (AvgIpc) is 3.59. The molecule has 0 radical (unpaired) electrons. The summed E-state index contributed by atoms with van der Waals surface area (Å²) in [4.78, 5) is 21.5. The van der Waals surface area contributed by atoms with Crippen LogP contribution in [0.2, 0.25) is 0 Å². The third kappa shape index (κ3) is 3.66. The van der Waals surface area contributed by atoms with E-state index in [-0.39, 0.29) is 0 Å². The molecule has 1 aliphatic carbocycles. The van der Waals surface area contributed by atoms with Crippen molar-refractivity contribution in [3.05, 3.63) is 54.4 Å². The summed E-state index contributed by atoms with van der Waals surface area (Å²) in [6.45, 7) is 3.87. The molecule has 0 aliphatic heterocycles. The molecule has 1 aliphatic rings. The monoisotopic (exact) mass is 483 g/mol. The number of pyridine rings is 1. The quantitative estimate of drug-likeness (QED) is 0.371. The highest BCUT2D eigenvalue weighted by Crippen LogP contribution is 2.40. The topological polar surface area (TPSA) is 114 Å². The normalized spacial score (nSPS) is 20.4. The van der Waals surface area contributed by atoms with Crippen molar-refractivity contribution in [2.45, 2.75) is 46.0 Å². The minimum atomic E-state index is -0.690. The van der Waals surface area contributed by atoms with E-state index in [0.29, 0.717) is 18.8 Å². The van der Waals surface area contributed by atoms with Gasteiger partial charge in [-0.05, 0) is 64.0 Å². The molecule has 2 N–H and O–H groups in total. The first-order valence-electron chi connectivity index (χ1n) is 12.4. The Morgan fingerprint density at radius 1 is 1.17 bits per heavy atom. The van der Waals surface area contributed by atoms with E-state index >= 15 is 0 Å². The number of fused-ring (bicyclic) bond motifs is 3. The number of hydrogen-bond acceptors (Lipinski definition) is 5. The van der Waals surface area contributed by atoms with Crippen LogP contribution in [0.3, 0.4) is 0 Å². The van der Waals surface area contributed by atoms with Gasteiger partial charge in [-0.3, -0.25) is 14.9 Å². The second-order valence-corrected chi connectivity index (χ2v) is 10.4. The number of aryl methyl sites for hydroxylation is 2. The van der Waals surface area contributed by atoms with Crippen molar-refractivity contribution in [3.8, 4) is 22.4 Å². The molecule has 1 saturated carbocycles. The number of nitrogens with zero attached hydrogens (tertiary/aromatic N) is 6. The molecule has 0 spiro atoms. The van der Waals surface area contributed by atoms with E-state index in [1.54, 1.807) is 4.52 Å². The highest BCUT2D eigenvalue weighted by Gasteiger charge is 2.37. The predicted octanol–water partition coefficient (Wildman–Crippen LogP) is 4.81. The van der Waals surface area contributed by atoms with Gasteiger partial charge in [0.2, 0.25) is 0 Å². The summed E-state index contributed by atoms with van der Waals surface area (Å²) in [7, 11) is 2.00. The van der Waals surface area contributed by atoms with Gasteiger partial charge < -0.3 is 9.67 Å². The van der Waals surface area contributed by atoms with Crippen molar-refractivity contribution < 1.29 is 9.90 Å². The zero-order valence-corrected chi connectivity index (χ0v) is 20.7. The SMILES string of the molecule is Cc1[nH]nc2c1c(CC1CCC(C)(C(=O)O)CC1)nc1c(-c3ccc(-c4ccn(C)c4)nc3)cnn12. The minimum Gasteiger partial charge on any atom is -0.481 e. The molecule has 36 heavy (non-hydrogen) atoms. The standard InChI is InChI=1S/C27H29N7O2/c1-16-23-22(12-17-6-9-27(2,10-7-17)26(35)36)30-24-20(14-29-34(24)25(23)32-31-16)18-4-5-21(28-13-18)19-8-11-33(3)15-19/h4-5,8,11,13-15,17H,6-7,9-10,12H2,1-3H3,(H,31,32)(H,35,36). The summed E-state index contributed by atoms with van der Waals surface area (Å²) in [6.07, 6.45) is 11.7. The summed E-state index contributed by atoms with van der Waals surface area (Å²) < 4.78 is 3.80. The Balaban J connectivity index is 1.36. The lowest BCUT2D eigenvalue weighted by Gasteiger charge is -2.33. The van der Waals surface area contributed by atoms with Gasteiger partial charge in [0.15, 0.2) is 11.3 Å². The molecule has 0 saturated heterocycles.